The maximum Gasteiger partial charge on any atom is 0.0501 e. The van der Waals surface area contributed by atoms with E-state index >= 15 is 0 Å². The Morgan fingerprint density at radius 2 is 1.94 bits per heavy atom. The molecule has 3 heteroatoms. The molecule has 0 heterocycles. The minimum absolute atomic E-state index is 0.395. The average molecular weight is 259 g/mol. The van der Waals surface area contributed by atoms with E-state index in [1.807, 2.05) is 0 Å². The van der Waals surface area contributed by atoms with Gasteiger partial charge in [0.15, 0.2) is 0 Å². The van der Waals surface area contributed by atoms with E-state index in [1.54, 1.807) is 0 Å². The summed E-state index contributed by atoms with van der Waals surface area (Å²) in [6, 6.07) is 0.493. The van der Waals surface area contributed by atoms with Crippen LogP contribution in [-0.4, -0.2) is 27.8 Å². The van der Waals surface area contributed by atoms with Crippen molar-refractivity contribution in [1.29, 1.82) is 0 Å². The highest BCUT2D eigenvalue weighted by atomic mass is 32.2. The van der Waals surface area contributed by atoms with Crippen LogP contribution in [0.25, 0.3) is 0 Å². The van der Waals surface area contributed by atoms with Gasteiger partial charge in [-0.15, -0.1) is 0 Å². The van der Waals surface area contributed by atoms with Crippen molar-refractivity contribution in [2.75, 3.05) is 12.3 Å². The molecule has 0 aromatic heterocycles. The van der Waals surface area contributed by atoms with Gasteiger partial charge in [0, 0.05) is 22.6 Å². The Labute approximate surface area is 109 Å². The normalized spacial score (nSPS) is 29.6. The zero-order valence-electron chi connectivity index (χ0n) is 11.7. The van der Waals surface area contributed by atoms with Gasteiger partial charge in [-0.05, 0) is 25.3 Å². The molecule has 102 valence electrons. The lowest BCUT2D eigenvalue weighted by Gasteiger charge is -2.26. The van der Waals surface area contributed by atoms with Gasteiger partial charge in [-0.25, -0.2) is 0 Å². The number of nitrogens with one attached hydrogen (secondary N) is 1. The van der Waals surface area contributed by atoms with E-state index in [-0.39, 0.29) is 0 Å². The Kier molecular flexibility index (Phi) is 7.36. The molecule has 1 N–H and O–H groups in total. The third kappa shape index (κ3) is 5.09. The fourth-order valence-corrected chi connectivity index (χ4v) is 4.68. The summed E-state index contributed by atoms with van der Waals surface area (Å²) in [5.41, 5.74) is 0. The van der Waals surface area contributed by atoms with Gasteiger partial charge in [-0.2, -0.15) is 0 Å². The first-order chi connectivity index (χ1) is 8.19. The Morgan fingerprint density at radius 1 is 1.24 bits per heavy atom. The summed E-state index contributed by atoms with van der Waals surface area (Å²) >= 11 is 0. The third-order valence-corrected chi connectivity index (χ3v) is 6.04. The molecule has 2 nitrogen and oxygen atoms in total. The summed E-state index contributed by atoms with van der Waals surface area (Å²) in [5.74, 6) is 1.49. The molecule has 0 aliphatic heterocycles. The molecular formula is C14H29NOS. The first kappa shape index (κ1) is 15.2. The second-order valence-electron chi connectivity index (χ2n) is 5.40. The average Bonchev–Trinajstić information content (AvgIpc) is 2.55. The van der Waals surface area contributed by atoms with Crippen LogP contribution in [0.15, 0.2) is 0 Å². The van der Waals surface area contributed by atoms with Crippen molar-refractivity contribution >= 4 is 10.8 Å². The summed E-state index contributed by atoms with van der Waals surface area (Å²) in [7, 11) is -0.642. The molecule has 1 rings (SSSR count). The molecule has 0 bridgehead atoms. The van der Waals surface area contributed by atoms with Crippen molar-refractivity contribution in [1.82, 2.24) is 5.32 Å². The maximum atomic E-state index is 12.5. The number of hydrogen-bond acceptors (Lipinski definition) is 2. The van der Waals surface area contributed by atoms with E-state index in [0.29, 0.717) is 17.2 Å². The first-order valence-corrected chi connectivity index (χ1v) is 8.67. The van der Waals surface area contributed by atoms with Gasteiger partial charge < -0.3 is 5.32 Å². The van der Waals surface area contributed by atoms with Crippen LogP contribution in [-0.2, 0) is 10.8 Å². The molecule has 1 aliphatic carbocycles. The molecule has 0 amide bonds. The van der Waals surface area contributed by atoms with Crippen molar-refractivity contribution < 1.29 is 4.21 Å². The lowest BCUT2D eigenvalue weighted by Crippen LogP contribution is -2.42. The molecule has 1 saturated carbocycles. The van der Waals surface area contributed by atoms with E-state index in [0.717, 1.165) is 25.1 Å². The van der Waals surface area contributed by atoms with Gasteiger partial charge in [-0.3, -0.25) is 4.21 Å². The Hall–Kier alpha value is 0.110. The largest absolute Gasteiger partial charge is 0.313 e. The highest BCUT2D eigenvalue weighted by Gasteiger charge is 2.28. The van der Waals surface area contributed by atoms with Crippen molar-refractivity contribution in [2.45, 2.75) is 70.6 Å². The Balaban J connectivity index is 2.58. The Bertz CT molecular complexity index is 232. The minimum Gasteiger partial charge on any atom is -0.313 e. The van der Waals surface area contributed by atoms with Gasteiger partial charge in [0.25, 0.3) is 0 Å². The summed E-state index contributed by atoms with van der Waals surface area (Å²) in [6.07, 6.45) is 7.39. The van der Waals surface area contributed by atoms with Crippen molar-refractivity contribution in [3.05, 3.63) is 0 Å². The SMILES string of the molecule is CCNC1CCCCCC1S(=O)CC(C)CC. The molecule has 0 saturated heterocycles. The lowest BCUT2D eigenvalue weighted by molar-refractivity contribution is 0.472. The second kappa shape index (κ2) is 8.25. The zero-order chi connectivity index (χ0) is 12.7. The smallest absolute Gasteiger partial charge is 0.0501 e. The van der Waals surface area contributed by atoms with E-state index in [9.17, 15) is 4.21 Å². The minimum atomic E-state index is -0.642. The van der Waals surface area contributed by atoms with Gasteiger partial charge in [-0.1, -0.05) is 46.5 Å². The van der Waals surface area contributed by atoms with Crippen LogP contribution in [0.2, 0.25) is 0 Å². The van der Waals surface area contributed by atoms with Gasteiger partial charge >= 0.3 is 0 Å². The van der Waals surface area contributed by atoms with Crippen molar-refractivity contribution in [3.63, 3.8) is 0 Å². The monoisotopic (exact) mass is 259 g/mol. The van der Waals surface area contributed by atoms with Gasteiger partial charge in [0.05, 0.1) is 5.25 Å². The first-order valence-electron chi connectivity index (χ1n) is 7.29. The molecule has 4 unspecified atom stereocenters. The maximum absolute atomic E-state index is 12.5. The third-order valence-electron chi connectivity index (χ3n) is 3.90. The van der Waals surface area contributed by atoms with Crippen LogP contribution in [0.5, 0.6) is 0 Å². The van der Waals surface area contributed by atoms with E-state index in [4.69, 9.17) is 0 Å². The van der Waals surface area contributed by atoms with Crippen molar-refractivity contribution in [2.24, 2.45) is 5.92 Å². The summed E-state index contributed by atoms with van der Waals surface area (Å²) in [5, 5.41) is 3.95. The number of hydrogen-bond donors (Lipinski definition) is 1. The predicted octanol–water partition coefficient (Wildman–Crippen LogP) is 3.09. The molecule has 0 radical (unpaired) electrons. The van der Waals surface area contributed by atoms with E-state index in [2.05, 4.69) is 26.1 Å². The molecule has 1 aliphatic rings. The number of rotatable bonds is 6. The van der Waals surface area contributed by atoms with Gasteiger partial charge in [0.1, 0.15) is 0 Å². The summed E-state index contributed by atoms with van der Waals surface area (Å²) in [6.45, 7) is 7.56. The van der Waals surface area contributed by atoms with Crippen LogP contribution in [0.3, 0.4) is 0 Å². The molecular weight excluding hydrogens is 230 g/mol. The van der Waals surface area contributed by atoms with Crippen LogP contribution in [0, 0.1) is 5.92 Å². The zero-order valence-corrected chi connectivity index (χ0v) is 12.5. The summed E-state index contributed by atoms with van der Waals surface area (Å²) < 4.78 is 12.5. The fourth-order valence-electron chi connectivity index (χ4n) is 2.61. The van der Waals surface area contributed by atoms with Crippen molar-refractivity contribution in [3.8, 4) is 0 Å². The summed E-state index contributed by atoms with van der Waals surface area (Å²) in [4.78, 5) is 0. The lowest BCUT2D eigenvalue weighted by atomic mass is 10.1. The Morgan fingerprint density at radius 3 is 2.59 bits per heavy atom. The highest BCUT2D eigenvalue weighted by Crippen LogP contribution is 2.23. The van der Waals surface area contributed by atoms with Crippen LogP contribution in [0.4, 0.5) is 0 Å². The molecule has 0 aromatic carbocycles. The van der Waals surface area contributed by atoms with E-state index < -0.39 is 10.8 Å². The highest BCUT2D eigenvalue weighted by molar-refractivity contribution is 7.85. The topological polar surface area (TPSA) is 29.1 Å². The standard InChI is InChI=1S/C14H29NOS/c1-4-12(3)11-17(16)14-10-8-6-7-9-13(14)15-5-2/h12-15H,4-11H2,1-3H3. The van der Waals surface area contributed by atoms with E-state index in [1.165, 1.54) is 25.7 Å². The van der Waals surface area contributed by atoms with Crippen LogP contribution >= 0.6 is 0 Å². The molecule has 0 aromatic rings. The molecule has 0 spiro atoms. The molecule has 1 fully saturated rings. The second-order valence-corrected chi connectivity index (χ2v) is 7.10. The quantitative estimate of drug-likeness (QED) is 0.743. The molecule has 17 heavy (non-hydrogen) atoms. The van der Waals surface area contributed by atoms with Crippen LogP contribution < -0.4 is 5.32 Å². The molecule has 4 atom stereocenters. The van der Waals surface area contributed by atoms with Gasteiger partial charge in [0.2, 0.25) is 0 Å². The predicted molar refractivity (Wildman–Crippen MR) is 76.8 cm³/mol. The fraction of sp³-hybridized carbons (Fsp3) is 1.00. The van der Waals surface area contributed by atoms with Crippen LogP contribution in [0.1, 0.15) is 59.3 Å².